The Hall–Kier alpha value is -2.88. The molecule has 0 fully saturated rings. The number of rotatable bonds is 4. The number of hydrogen-bond donors (Lipinski definition) is 1. The summed E-state index contributed by atoms with van der Waals surface area (Å²) >= 11 is 1.25. The highest BCUT2D eigenvalue weighted by molar-refractivity contribution is 7.20. The molecule has 6 nitrogen and oxygen atoms in total. The van der Waals surface area contributed by atoms with E-state index < -0.39 is 17.6 Å². The Kier molecular flexibility index (Phi) is 5.16. The van der Waals surface area contributed by atoms with Crippen LogP contribution in [-0.2, 0) is 18.0 Å². The molecule has 0 bridgehead atoms. The Morgan fingerprint density at radius 3 is 2.61 bits per heavy atom. The van der Waals surface area contributed by atoms with Crippen LogP contribution >= 0.6 is 11.3 Å². The minimum absolute atomic E-state index is 0.343. The first kappa shape index (κ1) is 19.9. The van der Waals surface area contributed by atoms with Gasteiger partial charge in [0.25, 0.3) is 5.91 Å². The summed E-state index contributed by atoms with van der Waals surface area (Å²) in [5.41, 5.74) is -0.494. The van der Waals surface area contributed by atoms with E-state index in [1.807, 2.05) is 6.92 Å². The second-order valence-corrected chi connectivity index (χ2v) is 7.32. The first-order valence-corrected chi connectivity index (χ1v) is 9.04. The number of anilines is 1. The van der Waals surface area contributed by atoms with Gasteiger partial charge in [0.2, 0.25) is 5.91 Å². The summed E-state index contributed by atoms with van der Waals surface area (Å²) in [6, 6.07) is 6.40. The fourth-order valence-corrected chi connectivity index (χ4v) is 3.93. The van der Waals surface area contributed by atoms with Crippen molar-refractivity contribution < 1.29 is 22.8 Å². The van der Waals surface area contributed by atoms with Gasteiger partial charge in [-0.1, -0.05) is 12.1 Å². The number of halogens is 3. The molecule has 0 aliphatic carbocycles. The van der Waals surface area contributed by atoms with Crippen LogP contribution in [0.2, 0.25) is 0 Å². The highest BCUT2D eigenvalue weighted by atomic mass is 32.1. The first-order valence-electron chi connectivity index (χ1n) is 8.22. The molecule has 1 aromatic carbocycles. The summed E-state index contributed by atoms with van der Waals surface area (Å²) in [4.78, 5) is 27.2. The average molecular weight is 410 g/mol. The SMILES string of the molecule is Cc1nn(C)c2sc(C(=O)N(C)CC(=O)Nc3ccccc3C(F)(F)F)cc12. The number of thiophene rings is 1. The lowest BCUT2D eigenvalue weighted by Gasteiger charge is -2.17. The molecule has 0 atom stereocenters. The number of para-hydroxylation sites is 1. The van der Waals surface area contributed by atoms with E-state index >= 15 is 0 Å². The topological polar surface area (TPSA) is 67.2 Å². The van der Waals surface area contributed by atoms with Crippen molar-refractivity contribution in [3.63, 3.8) is 0 Å². The zero-order chi connectivity index (χ0) is 20.6. The number of aromatic nitrogens is 2. The molecule has 3 aromatic rings. The molecule has 0 aliphatic heterocycles. The second-order valence-electron chi connectivity index (χ2n) is 6.29. The summed E-state index contributed by atoms with van der Waals surface area (Å²) in [5.74, 6) is -1.11. The second kappa shape index (κ2) is 7.27. The third-order valence-electron chi connectivity index (χ3n) is 4.14. The molecule has 1 N–H and O–H groups in total. The van der Waals surface area contributed by atoms with Crippen molar-refractivity contribution in [1.29, 1.82) is 0 Å². The molecule has 2 aromatic heterocycles. The number of benzene rings is 1. The largest absolute Gasteiger partial charge is 0.418 e. The van der Waals surface area contributed by atoms with Crippen molar-refractivity contribution in [2.24, 2.45) is 7.05 Å². The fraction of sp³-hybridized carbons (Fsp3) is 0.278. The van der Waals surface area contributed by atoms with Crippen LogP contribution in [-0.4, -0.2) is 40.1 Å². The quantitative estimate of drug-likeness (QED) is 0.714. The monoisotopic (exact) mass is 410 g/mol. The predicted octanol–water partition coefficient (Wildman–Crippen LogP) is 3.67. The molecule has 3 rings (SSSR count). The summed E-state index contributed by atoms with van der Waals surface area (Å²) in [6.45, 7) is 1.45. The number of amides is 2. The van der Waals surface area contributed by atoms with Gasteiger partial charge in [0, 0.05) is 19.5 Å². The molecule has 2 amide bonds. The van der Waals surface area contributed by atoms with E-state index in [9.17, 15) is 22.8 Å². The average Bonchev–Trinajstić information content (AvgIpc) is 3.15. The molecular formula is C18H17F3N4O2S. The Morgan fingerprint density at radius 1 is 1.29 bits per heavy atom. The van der Waals surface area contributed by atoms with Crippen LogP contribution in [0.3, 0.4) is 0 Å². The summed E-state index contributed by atoms with van der Waals surface area (Å²) < 4.78 is 40.7. The zero-order valence-electron chi connectivity index (χ0n) is 15.3. The van der Waals surface area contributed by atoms with Gasteiger partial charge >= 0.3 is 6.18 Å². The molecule has 10 heteroatoms. The number of likely N-dealkylation sites (N-methyl/N-ethyl adjacent to an activating group) is 1. The molecular weight excluding hydrogens is 393 g/mol. The third-order valence-corrected chi connectivity index (χ3v) is 5.33. The number of nitrogens with one attached hydrogen (secondary N) is 1. The molecule has 28 heavy (non-hydrogen) atoms. The molecule has 148 valence electrons. The number of nitrogens with zero attached hydrogens (tertiary/aromatic N) is 3. The van der Waals surface area contributed by atoms with Gasteiger partial charge in [-0.05, 0) is 25.1 Å². The van der Waals surface area contributed by atoms with Gasteiger partial charge in [0.05, 0.1) is 28.4 Å². The molecule has 0 radical (unpaired) electrons. The third kappa shape index (κ3) is 3.86. The van der Waals surface area contributed by atoms with Crippen LogP contribution in [0.1, 0.15) is 20.9 Å². The van der Waals surface area contributed by atoms with Crippen molar-refractivity contribution in [2.45, 2.75) is 13.1 Å². The first-order chi connectivity index (χ1) is 13.1. The molecule has 0 saturated heterocycles. The highest BCUT2D eigenvalue weighted by Gasteiger charge is 2.33. The van der Waals surface area contributed by atoms with Gasteiger partial charge in [-0.2, -0.15) is 18.3 Å². The zero-order valence-corrected chi connectivity index (χ0v) is 16.1. The fourth-order valence-electron chi connectivity index (χ4n) is 2.82. The van der Waals surface area contributed by atoms with Crippen LogP contribution in [0.5, 0.6) is 0 Å². The minimum Gasteiger partial charge on any atom is -0.332 e. The van der Waals surface area contributed by atoms with Crippen LogP contribution in [0.25, 0.3) is 10.2 Å². The van der Waals surface area contributed by atoms with Crippen molar-refractivity contribution in [3.8, 4) is 0 Å². The van der Waals surface area contributed by atoms with Gasteiger partial charge in [-0.3, -0.25) is 14.3 Å². The van der Waals surface area contributed by atoms with Crippen molar-refractivity contribution in [2.75, 3.05) is 18.9 Å². The van der Waals surface area contributed by atoms with Gasteiger partial charge < -0.3 is 10.2 Å². The predicted molar refractivity (Wildman–Crippen MR) is 100 cm³/mol. The van der Waals surface area contributed by atoms with E-state index in [1.54, 1.807) is 17.8 Å². The normalized spacial score (nSPS) is 11.6. The van der Waals surface area contributed by atoms with Crippen molar-refractivity contribution >= 4 is 39.1 Å². The number of carbonyl (C=O) groups is 2. The number of fused-ring (bicyclic) bond motifs is 1. The van der Waals surface area contributed by atoms with Crippen LogP contribution in [0.15, 0.2) is 30.3 Å². The summed E-state index contributed by atoms with van der Waals surface area (Å²) in [5, 5.41) is 7.35. The molecule has 2 heterocycles. The molecule has 0 spiro atoms. The summed E-state index contributed by atoms with van der Waals surface area (Å²) in [6.07, 6.45) is -4.59. The number of hydrogen-bond acceptors (Lipinski definition) is 4. The minimum atomic E-state index is -4.59. The van der Waals surface area contributed by atoms with Crippen LogP contribution in [0, 0.1) is 6.92 Å². The highest BCUT2D eigenvalue weighted by Crippen LogP contribution is 2.34. The van der Waals surface area contributed by atoms with E-state index in [-0.39, 0.29) is 18.1 Å². The van der Waals surface area contributed by atoms with E-state index in [2.05, 4.69) is 10.4 Å². The van der Waals surface area contributed by atoms with Gasteiger partial charge in [0.1, 0.15) is 4.83 Å². The molecule has 0 aliphatic rings. The van der Waals surface area contributed by atoms with Crippen LogP contribution < -0.4 is 5.32 Å². The Bertz CT molecular complexity index is 1020. The van der Waals surface area contributed by atoms with Crippen LogP contribution in [0.4, 0.5) is 18.9 Å². The van der Waals surface area contributed by atoms with Gasteiger partial charge in [0.15, 0.2) is 0 Å². The molecule has 0 unspecified atom stereocenters. The number of carbonyl (C=O) groups excluding carboxylic acids is 2. The maximum Gasteiger partial charge on any atom is 0.418 e. The standard InChI is InChI=1S/C18H17F3N4O2S/c1-10-11-8-14(28-17(11)25(3)23-10)16(27)24(2)9-15(26)22-13-7-5-4-6-12(13)18(19,20)21/h4-8H,9H2,1-3H3,(H,22,26). The van der Waals surface area contributed by atoms with E-state index in [1.165, 1.54) is 41.5 Å². The van der Waals surface area contributed by atoms with E-state index in [0.29, 0.717) is 4.88 Å². The summed E-state index contributed by atoms with van der Waals surface area (Å²) in [7, 11) is 3.20. The lowest BCUT2D eigenvalue weighted by Crippen LogP contribution is -2.34. The molecule has 0 saturated carbocycles. The van der Waals surface area contributed by atoms with E-state index in [0.717, 1.165) is 22.0 Å². The Labute approximate surface area is 162 Å². The maximum atomic E-state index is 13.0. The van der Waals surface area contributed by atoms with Gasteiger partial charge in [-0.25, -0.2) is 0 Å². The van der Waals surface area contributed by atoms with Crippen molar-refractivity contribution in [1.82, 2.24) is 14.7 Å². The smallest absolute Gasteiger partial charge is 0.332 e. The van der Waals surface area contributed by atoms with E-state index in [4.69, 9.17) is 0 Å². The maximum absolute atomic E-state index is 13.0. The number of alkyl halides is 3. The Balaban J connectivity index is 1.72. The lowest BCUT2D eigenvalue weighted by atomic mass is 10.1. The number of aryl methyl sites for hydroxylation is 2. The lowest BCUT2D eigenvalue weighted by molar-refractivity contribution is -0.137. The van der Waals surface area contributed by atoms with Gasteiger partial charge in [-0.15, -0.1) is 11.3 Å². The van der Waals surface area contributed by atoms with Crippen molar-refractivity contribution in [3.05, 3.63) is 46.5 Å². The Morgan fingerprint density at radius 2 is 1.96 bits per heavy atom.